The number of hydrogen-bond acceptors (Lipinski definition) is 4. The van der Waals surface area contributed by atoms with Gasteiger partial charge in [0.05, 0.1) is 12.3 Å². The highest BCUT2D eigenvalue weighted by atomic mass is 32.2. The number of thioether (sulfide) groups is 1. The van der Waals surface area contributed by atoms with Crippen LogP contribution in [-0.2, 0) is 12.3 Å². The predicted molar refractivity (Wildman–Crippen MR) is 75.8 cm³/mol. The molecule has 0 bridgehead atoms. The Morgan fingerprint density at radius 2 is 2.20 bits per heavy atom. The Morgan fingerprint density at radius 1 is 1.40 bits per heavy atom. The summed E-state index contributed by atoms with van der Waals surface area (Å²) in [7, 11) is 0. The van der Waals surface area contributed by atoms with Gasteiger partial charge >= 0.3 is 0 Å². The van der Waals surface area contributed by atoms with Gasteiger partial charge in [-0.1, -0.05) is 11.8 Å². The van der Waals surface area contributed by atoms with Crippen LogP contribution in [0, 0.1) is 0 Å². The van der Waals surface area contributed by atoms with Crippen LogP contribution in [-0.4, -0.2) is 35.0 Å². The van der Waals surface area contributed by atoms with Crippen molar-refractivity contribution in [2.45, 2.75) is 49.8 Å². The Bertz CT molecular complexity index is 400. The number of hydrogen-bond donors (Lipinski definition) is 1. The van der Waals surface area contributed by atoms with Crippen molar-refractivity contribution < 1.29 is 18.3 Å². The molecule has 114 valence electrons. The van der Waals surface area contributed by atoms with Crippen LogP contribution in [0.4, 0.5) is 8.78 Å². The van der Waals surface area contributed by atoms with E-state index in [-0.39, 0.29) is 12.4 Å². The molecule has 1 aliphatic heterocycles. The Labute approximate surface area is 122 Å². The molecule has 1 unspecified atom stereocenters. The van der Waals surface area contributed by atoms with Crippen LogP contribution < -0.4 is 0 Å². The summed E-state index contributed by atoms with van der Waals surface area (Å²) in [5.74, 6) is -0.696. The molecule has 1 aromatic rings. The minimum atomic E-state index is -2.36. The quantitative estimate of drug-likeness (QED) is 0.798. The Hall–Kier alpha value is -0.590. The number of likely N-dealkylation sites (tertiary alicyclic amines) is 1. The molecule has 0 amide bonds. The Morgan fingerprint density at radius 3 is 2.95 bits per heavy atom. The summed E-state index contributed by atoms with van der Waals surface area (Å²) in [5, 5.41) is 8.91. The van der Waals surface area contributed by atoms with Crippen molar-refractivity contribution in [3.8, 4) is 0 Å². The zero-order chi connectivity index (χ0) is 14.4. The van der Waals surface area contributed by atoms with E-state index < -0.39 is 5.76 Å². The van der Waals surface area contributed by atoms with E-state index >= 15 is 0 Å². The van der Waals surface area contributed by atoms with Gasteiger partial charge in [0.15, 0.2) is 0 Å². The molecule has 20 heavy (non-hydrogen) atoms. The smallest absolute Gasteiger partial charge is 0.284 e. The molecule has 1 atom stereocenters. The van der Waals surface area contributed by atoms with Crippen LogP contribution in [0.5, 0.6) is 0 Å². The molecule has 0 aromatic carbocycles. The summed E-state index contributed by atoms with van der Waals surface area (Å²) in [6.07, 6.45) is 4.17. The maximum absolute atomic E-state index is 12.1. The first-order valence-corrected chi connectivity index (χ1v) is 8.06. The molecule has 1 N–H and O–H groups in total. The van der Waals surface area contributed by atoms with Crippen LogP contribution in [0.3, 0.4) is 0 Å². The number of halogens is 2. The maximum Gasteiger partial charge on any atom is 0.284 e. The summed E-state index contributed by atoms with van der Waals surface area (Å²) in [6.45, 7) is 2.01. The second-order valence-corrected chi connectivity index (χ2v) is 6.05. The number of aliphatic hydroxyl groups is 1. The van der Waals surface area contributed by atoms with E-state index in [1.807, 2.05) is 6.07 Å². The molecule has 2 heterocycles. The fraction of sp³-hybridized carbons (Fsp3) is 0.714. The summed E-state index contributed by atoms with van der Waals surface area (Å²) < 4.78 is 29.8. The number of aliphatic hydroxyl groups excluding tert-OH is 1. The van der Waals surface area contributed by atoms with Crippen LogP contribution in [0.15, 0.2) is 16.5 Å². The standard InChI is InChI=1S/C14H21F2NO2S/c15-14(16)20-10-13-6-5-12(19-13)9-17-7-1-3-11(17)4-2-8-18/h5-6,11,14,18H,1-4,7-10H2. The molecular weight excluding hydrogens is 284 g/mol. The van der Waals surface area contributed by atoms with E-state index in [0.29, 0.717) is 23.6 Å². The van der Waals surface area contributed by atoms with Gasteiger partial charge in [-0.2, -0.15) is 8.78 Å². The number of alkyl halides is 2. The lowest BCUT2D eigenvalue weighted by Crippen LogP contribution is -2.28. The third-order valence-corrected chi connectivity index (χ3v) is 4.33. The van der Waals surface area contributed by atoms with E-state index in [2.05, 4.69) is 4.90 Å². The van der Waals surface area contributed by atoms with E-state index in [9.17, 15) is 8.78 Å². The molecule has 1 aliphatic rings. The van der Waals surface area contributed by atoms with Gasteiger partial charge in [-0.25, -0.2) is 0 Å². The SMILES string of the molecule is OCCCC1CCCN1Cc1ccc(CSC(F)F)o1. The van der Waals surface area contributed by atoms with Crippen molar-refractivity contribution in [2.75, 3.05) is 13.2 Å². The fourth-order valence-corrected chi connectivity index (χ4v) is 3.13. The van der Waals surface area contributed by atoms with Crippen LogP contribution in [0.1, 0.15) is 37.2 Å². The molecule has 1 aromatic heterocycles. The lowest BCUT2D eigenvalue weighted by molar-refractivity contribution is 0.197. The second kappa shape index (κ2) is 8.00. The zero-order valence-corrected chi connectivity index (χ0v) is 12.2. The minimum Gasteiger partial charge on any atom is -0.464 e. The van der Waals surface area contributed by atoms with Gasteiger partial charge in [-0.3, -0.25) is 4.90 Å². The molecule has 2 rings (SSSR count). The monoisotopic (exact) mass is 305 g/mol. The summed E-state index contributed by atoms with van der Waals surface area (Å²) >= 11 is 0.584. The molecule has 3 nitrogen and oxygen atoms in total. The van der Waals surface area contributed by atoms with E-state index in [1.54, 1.807) is 6.07 Å². The van der Waals surface area contributed by atoms with Gasteiger partial charge < -0.3 is 9.52 Å². The van der Waals surface area contributed by atoms with E-state index in [0.717, 1.165) is 38.1 Å². The molecule has 0 saturated carbocycles. The van der Waals surface area contributed by atoms with Gasteiger partial charge in [0.25, 0.3) is 5.76 Å². The van der Waals surface area contributed by atoms with Gasteiger partial charge in [0.2, 0.25) is 0 Å². The van der Waals surface area contributed by atoms with Crippen LogP contribution in [0.25, 0.3) is 0 Å². The predicted octanol–water partition coefficient (Wildman–Crippen LogP) is 3.47. The molecule has 1 fully saturated rings. The molecule has 0 spiro atoms. The van der Waals surface area contributed by atoms with Crippen molar-refractivity contribution in [1.29, 1.82) is 0 Å². The van der Waals surface area contributed by atoms with Gasteiger partial charge in [-0.05, 0) is 44.4 Å². The summed E-state index contributed by atoms with van der Waals surface area (Å²) in [4.78, 5) is 2.36. The van der Waals surface area contributed by atoms with Crippen molar-refractivity contribution >= 4 is 11.8 Å². The van der Waals surface area contributed by atoms with E-state index in [1.165, 1.54) is 6.42 Å². The molecule has 6 heteroatoms. The first kappa shape index (κ1) is 15.8. The molecule has 1 saturated heterocycles. The molecular formula is C14H21F2NO2S. The van der Waals surface area contributed by atoms with Gasteiger partial charge in [-0.15, -0.1) is 0 Å². The normalized spacial score (nSPS) is 20.1. The van der Waals surface area contributed by atoms with E-state index in [4.69, 9.17) is 9.52 Å². The average molecular weight is 305 g/mol. The lowest BCUT2D eigenvalue weighted by Gasteiger charge is -2.23. The number of rotatable bonds is 8. The van der Waals surface area contributed by atoms with Crippen molar-refractivity contribution in [2.24, 2.45) is 0 Å². The van der Waals surface area contributed by atoms with Crippen molar-refractivity contribution in [3.63, 3.8) is 0 Å². The number of nitrogens with zero attached hydrogens (tertiary/aromatic N) is 1. The molecule has 0 aliphatic carbocycles. The summed E-state index contributed by atoms with van der Waals surface area (Å²) in [6, 6.07) is 4.16. The zero-order valence-electron chi connectivity index (χ0n) is 11.4. The lowest BCUT2D eigenvalue weighted by atomic mass is 10.1. The fourth-order valence-electron chi connectivity index (χ4n) is 2.69. The third kappa shape index (κ3) is 4.75. The third-order valence-electron chi connectivity index (χ3n) is 3.62. The van der Waals surface area contributed by atoms with Gasteiger partial charge in [0, 0.05) is 12.6 Å². The highest BCUT2D eigenvalue weighted by molar-refractivity contribution is 7.98. The topological polar surface area (TPSA) is 36.6 Å². The first-order valence-electron chi connectivity index (χ1n) is 7.01. The second-order valence-electron chi connectivity index (χ2n) is 5.07. The highest BCUT2D eigenvalue weighted by Crippen LogP contribution is 2.25. The average Bonchev–Trinajstić information content (AvgIpc) is 3.04. The van der Waals surface area contributed by atoms with Crippen LogP contribution >= 0.6 is 11.8 Å². The minimum absolute atomic E-state index is 0.214. The molecule has 0 radical (unpaired) electrons. The van der Waals surface area contributed by atoms with Crippen molar-refractivity contribution in [1.82, 2.24) is 4.90 Å². The Kier molecular flexibility index (Phi) is 6.32. The van der Waals surface area contributed by atoms with Crippen molar-refractivity contribution in [3.05, 3.63) is 23.7 Å². The highest BCUT2D eigenvalue weighted by Gasteiger charge is 2.24. The largest absolute Gasteiger partial charge is 0.464 e. The Balaban J connectivity index is 1.83. The first-order chi connectivity index (χ1) is 9.69. The number of furan rings is 1. The summed E-state index contributed by atoms with van der Waals surface area (Å²) in [5.41, 5.74) is 0. The maximum atomic E-state index is 12.1. The van der Waals surface area contributed by atoms with Crippen LogP contribution in [0.2, 0.25) is 0 Å². The van der Waals surface area contributed by atoms with Gasteiger partial charge in [0.1, 0.15) is 11.5 Å².